The first-order chi connectivity index (χ1) is 14.8. The zero-order valence-corrected chi connectivity index (χ0v) is 18.3. The molecule has 9 heteroatoms. The van der Waals surface area contributed by atoms with Crippen LogP contribution in [0.4, 0.5) is 10.1 Å². The average Bonchev–Trinajstić information content (AvgIpc) is 2.74. The number of likely N-dealkylation sites (N-methyl/N-ethyl adjacent to an activating group) is 2. The summed E-state index contributed by atoms with van der Waals surface area (Å²) in [6.45, 7) is 2.48. The predicted octanol–water partition coefficient (Wildman–Crippen LogP) is 2.51. The Kier molecular flexibility index (Phi) is 9.42. The first kappa shape index (κ1) is 24.3. The van der Waals surface area contributed by atoms with Gasteiger partial charge in [-0.05, 0) is 36.4 Å². The SMILES string of the molecule is CCN(CC(=O)NCc1ccc(F)cc1)CC(=O)N(C)CC(=O)Nc1ccccc1Cl. The Balaban J connectivity index is 1.78. The highest BCUT2D eigenvalue weighted by atomic mass is 35.5. The molecular formula is C22H26ClFN4O3. The van der Waals surface area contributed by atoms with Crippen molar-refractivity contribution in [1.29, 1.82) is 0 Å². The van der Waals surface area contributed by atoms with E-state index in [2.05, 4.69) is 10.6 Å². The molecule has 3 amide bonds. The summed E-state index contributed by atoms with van der Waals surface area (Å²) in [7, 11) is 1.52. The number of halogens is 2. The van der Waals surface area contributed by atoms with Gasteiger partial charge in [0.25, 0.3) is 0 Å². The van der Waals surface area contributed by atoms with Crippen LogP contribution >= 0.6 is 11.6 Å². The molecule has 0 unspecified atom stereocenters. The van der Waals surface area contributed by atoms with E-state index >= 15 is 0 Å². The molecule has 0 aromatic heterocycles. The number of nitrogens with zero attached hydrogens (tertiary/aromatic N) is 2. The second-order valence-electron chi connectivity index (χ2n) is 6.98. The van der Waals surface area contributed by atoms with Gasteiger partial charge >= 0.3 is 0 Å². The maximum absolute atomic E-state index is 12.9. The summed E-state index contributed by atoms with van der Waals surface area (Å²) >= 11 is 6.02. The molecule has 0 aliphatic rings. The molecule has 0 aliphatic carbocycles. The Morgan fingerprint density at radius 1 is 0.968 bits per heavy atom. The van der Waals surface area contributed by atoms with E-state index < -0.39 is 0 Å². The molecule has 7 nitrogen and oxygen atoms in total. The maximum Gasteiger partial charge on any atom is 0.244 e. The molecular weight excluding hydrogens is 423 g/mol. The number of hydrogen-bond donors (Lipinski definition) is 2. The summed E-state index contributed by atoms with van der Waals surface area (Å²) in [4.78, 5) is 39.8. The van der Waals surface area contributed by atoms with Crippen LogP contribution in [0.2, 0.25) is 5.02 Å². The van der Waals surface area contributed by atoms with Crippen molar-refractivity contribution < 1.29 is 18.8 Å². The molecule has 0 heterocycles. The van der Waals surface area contributed by atoms with Crippen molar-refractivity contribution in [3.05, 3.63) is 64.9 Å². The van der Waals surface area contributed by atoms with E-state index in [0.717, 1.165) is 5.56 Å². The van der Waals surface area contributed by atoms with Crippen LogP contribution in [0.1, 0.15) is 12.5 Å². The highest BCUT2D eigenvalue weighted by molar-refractivity contribution is 6.33. The smallest absolute Gasteiger partial charge is 0.244 e. The minimum atomic E-state index is -0.371. The number of carbonyl (C=O) groups is 3. The van der Waals surface area contributed by atoms with Crippen molar-refractivity contribution in [2.75, 3.05) is 38.5 Å². The third-order valence-corrected chi connectivity index (χ3v) is 4.86. The lowest BCUT2D eigenvalue weighted by atomic mass is 10.2. The van der Waals surface area contributed by atoms with E-state index in [9.17, 15) is 18.8 Å². The normalized spacial score (nSPS) is 10.6. The summed E-state index contributed by atoms with van der Waals surface area (Å²) in [5.41, 5.74) is 1.25. The zero-order valence-electron chi connectivity index (χ0n) is 17.5. The third-order valence-electron chi connectivity index (χ3n) is 4.53. The number of para-hydroxylation sites is 1. The van der Waals surface area contributed by atoms with Crippen LogP contribution in [-0.4, -0.2) is 60.7 Å². The van der Waals surface area contributed by atoms with Gasteiger partial charge in [-0.15, -0.1) is 0 Å². The van der Waals surface area contributed by atoms with E-state index in [1.807, 2.05) is 6.92 Å². The summed E-state index contributed by atoms with van der Waals surface area (Å²) in [5, 5.41) is 5.82. The van der Waals surface area contributed by atoms with Gasteiger partial charge in [-0.3, -0.25) is 19.3 Å². The third kappa shape index (κ3) is 8.35. The predicted molar refractivity (Wildman–Crippen MR) is 118 cm³/mol. The number of carbonyl (C=O) groups excluding carboxylic acids is 3. The van der Waals surface area contributed by atoms with Crippen LogP contribution in [0.25, 0.3) is 0 Å². The molecule has 0 saturated carbocycles. The fourth-order valence-corrected chi connectivity index (χ4v) is 2.89. The minimum Gasteiger partial charge on any atom is -0.351 e. The summed E-state index contributed by atoms with van der Waals surface area (Å²) in [6, 6.07) is 12.7. The van der Waals surface area contributed by atoms with Crippen molar-refractivity contribution in [3.63, 3.8) is 0 Å². The van der Waals surface area contributed by atoms with Crippen molar-refractivity contribution >= 4 is 35.0 Å². The summed E-state index contributed by atoms with van der Waals surface area (Å²) in [5.74, 6) is -1.25. The number of amides is 3. The minimum absolute atomic E-state index is 0.00363. The molecule has 0 bridgehead atoms. The molecule has 2 aromatic carbocycles. The van der Waals surface area contributed by atoms with E-state index in [-0.39, 0.29) is 49.7 Å². The van der Waals surface area contributed by atoms with Gasteiger partial charge in [-0.1, -0.05) is 42.8 Å². The van der Waals surface area contributed by atoms with Crippen LogP contribution in [0.3, 0.4) is 0 Å². The standard InChI is InChI=1S/C22H26ClFN4O3/c1-3-28(14-20(29)25-12-16-8-10-17(24)11-9-16)15-22(31)27(2)13-21(30)26-19-7-5-4-6-18(19)23/h4-11H,3,12-15H2,1-2H3,(H,25,29)(H,26,30). The fourth-order valence-electron chi connectivity index (χ4n) is 2.71. The van der Waals surface area contributed by atoms with Gasteiger partial charge in [0, 0.05) is 13.6 Å². The van der Waals surface area contributed by atoms with E-state index in [1.165, 1.54) is 24.1 Å². The first-order valence-electron chi connectivity index (χ1n) is 9.80. The van der Waals surface area contributed by atoms with Gasteiger partial charge in [0.2, 0.25) is 17.7 Å². The van der Waals surface area contributed by atoms with Crippen molar-refractivity contribution in [1.82, 2.24) is 15.1 Å². The molecule has 2 aromatic rings. The van der Waals surface area contributed by atoms with Crippen molar-refractivity contribution in [3.8, 4) is 0 Å². The Morgan fingerprint density at radius 3 is 2.29 bits per heavy atom. The second kappa shape index (κ2) is 12.0. The fraction of sp³-hybridized carbons (Fsp3) is 0.318. The van der Waals surface area contributed by atoms with Gasteiger partial charge in [0.1, 0.15) is 5.82 Å². The maximum atomic E-state index is 12.9. The molecule has 166 valence electrons. The quantitative estimate of drug-likeness (QED) is 0.585. The van der Waals surface area contributed by atoms with Crippen molar-refractivity contribution in [2.45, 2.75) is 13.5 Å². The molecule has 2 N–H and O–H groups in total. The van der Waals surface area contributed by atoms with Gasteiger partial charge in [0.05, 0.1) is 30.3 Å². The van der Waals surface area contributed by atoms with Crippen LogP contribution in [0, 0.1) is 5.82 Å². The Labute approximate surface area is 186 Å². The molecule has 0 saturated heterocycles. The van der Waals surface area contributed by atoms with Crippen LogP contribution in [0.5, 0.6) is 0 Å². The lowest BCUT2D eigenvalue weighted by Crippen LogP contribution is -2.44. The molecule has 0 atom stereocenters. The van der Waals surface area contributed by atoms with Gasteiger partial charge in [-0.2, -0.15) is 0 Å². The topological polar surface area (TPSA) is 81.8 Å². The number of anilines is 1. The van der Waals surface area contributed by atoms with Crippen molar-refractivity contribution in [2.24, 2.45) is 0 Å². The number of nitrogens with one attached hydrogen (secondary N) is 2. The molecule has 0 aliphatic heterocycles. The Hall–Kier alpha value is -2.97. The monoisotopic (exact) mass is 448 g/mol. The number of benzene rings is 2. The molecule has 0 radical (unpaired) electrons. The molecule has 0 fully saturated rings. The lowest BCUT2D eigenvalue weighted by molar-refractivity contribution is -0.135. The summed E-state index contributed by atoms with van der Waals surface area (Å²) in [6.07, 6.45) is 0. The highest BCUT2D eigenvalue weighted by Gasteiger charge is 2.18. The zero-order chi connectivity index (χ0) is 22.8. The first-order valence-corrected chi connectivity index (χ1v) is 10.2. The number of rotatable bonds is 10. The van der Waals surface area contributed by atoms with Crippen LogP contribution in [0.15, 0.2) is 48.5 Å². The van der Waals surface area contributed by atoms with E-state index in [0.29, 0.717) is 17.3 Å². The molecule has 0 spiro atoms. The largest absolute Gasteiger partial charge is 0.351 e. The van der Waals surface area contributed by atoms with E-state index in [4.69, 9.17) is 11.6 Å². The van der Waals surface area contributed by atoms with Gasteiger partial charge in [0.15, 0.2) is 0 Å². The summed E-state index contributed by atoms with van der Waals surface area (Å²) < 4.78 is 12.9. The Bertz CT molecular complexity index is 908. The highest BCUT2D eigenvalue weighted by Crippen LogP contribution is 2.20. The number of hydrogen-bond acceptors (Lipinski definition) is 4. The van der Waals surface area contributed by atoms with Gasteiger partial charge in [-0.25, -0.2) is 4.39 Å². The Morgan fingerprint density at radius 2 is 1.65 bits per heavy atom. The lowest BCUT2D eigenvalue weighted by Gasteiger charge is -2.23. The second-order valence-corrected chi connectivity index (χ2v) is 7.39. The van der Waals surface area contributed by atoms with Crippen LogP contribution in [-0.2, 0) is 20.9 Å². The molecule has 31 heavy (non-hydrogen) atoms. The van der Waals surface area contributed by atoms with Gasteiger partial charge < -0.3 is 15.5 Å². The molecule has 2 rings (SSSR count). The van der Waals surface area contributed by atoms with E-state index in [1.54, 1.807) is 41.3 Å². The van der Waals surface area contributed by atoms with Crippen LogP contribution < -0.4 is 10.6 Å². The average molecular weight is 449 g/mol.